The van der Waals surface area contributed by atoms with E-state index in [1.54, 1.807) is 27.7 Å². The Hall–Kier alpha value is -4.31. The molecule has 9 rings (SSSR count). The van der Waals surface area contributed by atoms with Crippen LogP contribution in [-0.4, -0.2) is 107 Å². The molecule has 56 heavy (non-hydrogen) atoms. The summed E-state index contributed by atoms with van der Waals surface area (Å²) in [4.78, 5) is 39.6. The Labute approximate surface area is 332 Å². The highest BCUT2D eigenvalue weighted by atomic mass is 35.5. The van der Waals surface area contributed by atoms with Crippen molar-refractivity contribution >= 4 is 61.9 Å². The number of likely N-dealkylation sites (tertiary alicyclic amines) is 1. The van der Waals surface area contributed by atoms with Crippen LogP contribution in [0.15, 0.2) is 59.8 Å². The molecule has 0 saturated carbocycles. The van der Waals surface area contributed by atoms with Gasteiger partial charge in [0.05, 0.1) is 27.8 Å². The second-order valence-electron chi connectivity index (χ2n) is 16.2. The van der Waals surface area contributed by atoms with Gasteiger partial charge in [-0.1, -0.05) is 23.7 Å². The molecule has 0 radical (unpaired) electrons. The summed E-state index contributed by atoms with van der Waals surface area (Å²) in [6.45, 7) is 5.38. The average molecular weight is 801 g/mol. The molecule has 0 spiro atoms. The van der Waals surface area contributed by atoms with Crippen LogP contribution in [0.3, 0.4) is 0 Å². The van der Waals surface area contributed by atoms with Gasteiger partial charge >= 0.3 is 6.03 Å². The molecule has 5 aliphatic rings. The average Bonchev–Trinajstić information content (AvgIpc) is 3.68. The first-order valence-corrected chi connectivity index (χ1v) is 21.8. The van der Waals surface area contributed by atoms with Gasteiger partial charge < -0.3 is 15.1 Å². The number of rotatable bonds is 9. The molecule has 16 heteroatoms. The lowest BCUT2D eigenvalue weighted by atomic mass is 9.88. The van der Waals surface area contributed by atoms with Crippen molar-refractivity contribution in [3.05, 3.63) is 65.4 Å². The van der Waals surface area contributed by atoms with Gasteiger partial charge in [-0.3, -0.25) is 19.7 Å². The maximum atomic E-state index is 14.1. The summed E-state index contributed by atoms with van der Waals surface area (Å²) in [5.74, 6) is 1.95. The van der Waals surface area contributed by atoms with Crippen LogP contribution < -0.4 is 20.4 Å². The van der Waals surface area contributed by atoms with Gasteiger partial charge in [-0.15, -0.1) is 0 Å². The lowest BCUT2D eigenvalue weighted by Crippen LogP contribution is -2.49. The number of fused-ring (bicyclic) bond motifs is 3. The molecule has 14 nitrogen and oxygen atoms in total. The number of anilines is 3. The zero-order valence-corrected chi connectivity index (χ0v) is 33.3. The molecule has 2 aromatic carbocycles. The van der Waals surface area contributed by atoms with Crippen LogP contribution >= 0.6 is 11.6 Å². The summed E-state index contributed by atoms with van der Waals surface area (Å²) in [6.07, 6.45) is 10.9. The Morgan fingerprint density at radius 2 is 1.62 bits per heavy atom. The minimum Gasteiger partial charge on any atom is -0.371 e. The molecular weight excluding hydrogens is 752 g/mol. The number of carbonyl (C=O) groups is 2. The lowest BCUT2D eigenvalue weighted by Gasteiger charge is -2.39. The number of carbonyl (C=O) groups excluding carboxylic acids is 2. The summed E-state index contributed by atoms with van der Waals surface area (Å²) in [5, 5.41) is 11.9. The highest BCUT2D eigenvalue weighted by Gasteiger charge is 2.47. The fraction of sp³-hybridized carbons (Fsp3) is 0.525. The molecule has 3 amide bonds. The summed E-state index contributed by atoms with van der Waals surface area (Å²) in [5.41, 5.74) is 3.28. The molecule has 7 heterocycles. The maximum Gasteiger partial charge on any atom is 0.329 e. The largest absolute Gasteiger partial charge is 0.371 e. The zero-order valence-electron chi connectivity index (χ0n) is 31.7. The van der Waals surface area contributed by atoms with Crippen LogP contribution in [0, 0.1) is 5.92 Å². The van der Waals surface area contributed by atoms with Gasteiger partial charge in [-0.25, -0.2) is 23.2 Å². The molecule has 2 bridgehead atoms. The molecule has 5 saturated heterocycles. The highest BCUT2D eigenvalue weighted by Crippen LogP contribution is 2.41. The van der Waals surface area contributed by atoms with Crippen molar-refractivity contribution in [2.45, 2.75) is 86.7 Å². The Morgan fingerprint density at radius 1 is 0.893 bits per heavy atom. The molecule has 296 valence electrons. The number of piperidine rings is 3. The zero-order chi connectivity index (χ0) is 38.6. The summed E-state index contributed by atoms with van der Waals surface area (Å²) < 4.78 is 31.9. The van der Waals surface area contributed by atoms with Gasteiger partial charge in [0.15, 0.2) is 5.82 Å². The Morgan fingerprint density at radius 3 is 2.34 bits per heavy atom. The van der Waals surface area contributed by atoms with Crippen LogP contribution in [0.1, 0.15) is 69.3 Å². The third-order valence-electron chi connectivity index (χ3n) is 12.7. The SMILES string of the molecule is Cn1nc(N2CCC(=O)NC2=O)c2ccc(C3CCN(CC4CCN(c5cccc(S(=O)(=O)N6C7CCC6CC(Nc6ncc(Cl)cn6)C7)c5)CC4)CC3)cc21. The van der Waals surface area contributed by atoms with Gasteiger partial charge in [0.2, 0.25) is 21.9 Å². The number of nitrogens with zero attached hydrogens (tertiary/aromatic N) is 8. The van der Waals surface area contributed by atoms with Crippen LogP contribution in [-0.2, 0) is 21.9 Å². The lowest BCUT2D eigenvalue weighted by molar-refractivity contribution is -0.120. The number of hydrogen-bond donors (Lipinski definition) is 2. The van der Waals surface area contributed by atoms with Crippen molar-refractivity contribution in [3.63, 3.8) is 0 Å². The predicted molar refractivity (Wildman–Crippen MR) is 216 cm³/mol. The topological polar surface area (TPSA) is 149 Å². The van der Waals surface area contributed by atoms with E-state index in [9.17, 15) is 18.0 Å². The summed E-state index contributed by atoms with van der Waals surface area (Å²) >= 11 is 5.95. The minimum absolute atomic E-state index is 0.0452. The first kappa shape index (κ1) is 37.3. The fourth-order valence-electron chi connectivity index (χ4n) is 9.84. The van der Waals surface area contributed by atoms with Crippen LogP contribution in [0.2, 0.25) is 5.02 Å². The molecule has 5 fully saturated rings. The second-order valence-corrected chi connectivity index (χ2v) is 18.5. The van der Waals surface area contributed by atoms with Gasteiger partial charge in [-0.2, -0.15) is 9.40 Å². The van der Waals surface area contributed by atoms with Crippen molar-refractivity contribution in [1.82, 2.24) is 34.3 Å². The number of amides is 3. The Bertz CT molecular complexity index is 2210. The van der Waals surface area contributed by atoms with E-state index in [4.69, 9.17) is 11.6 Å². The van der Waals surface area contributed by atoms with Gasteiger partial charge in [0.25, 0.3) is 0 Å². The van der Waals surface area contributed by atoms with E-state index in [1.807, 2.05) is 23.9 Å². The highest BCUT2D eigenvalue weighted by molar-refractivity contribution is 7.89. The number of benzene rings is 2. The maximum absolute atomic E-state index is 14.1. The second kappa shape index (κ2) is 15.2. The number of sulfonamides is 1. The Kier molecular flexibility index (Phi) is 10.1. The van der Waals surface area contributed by atoms with Crippen molar-refractivity contribution < 1.29 is 18.0 Å². The Balaban J connectivity index is 0.769. The van der Waals surface area contributed by atoms with E-state index in [0.717, 1.165) is 101 Å². The molecule has 2 aromatic heterocycles. The van der Waals surface area contributed by atoms with Gasteiger partial charge in [0.1, 0.15) is 0 Å². The first-order valence-electron chi connectivity index (χ1n) is 20.0. The number of nitrogens with one attached hydrogen (secondary N) is 2. The van der Waals surface area contributed by atoms with Crippen molar-refractivity contribution in [2.24, 2.45) is 13.0 Å². The standard InChI is InChI=1S/C40H49ClN10O4S/c1-47-36-19-28(5-8-35(36)38(46-47)50-18-13-37(52)45-40(50)53)27-11-14-48(15-12-27)25-26-9-16-49(17-10-26)31-3-2-4-34(22-31)56(54,55)51-32-6-7-33(51)21-30(20-32)44-39-42-23-29(41)24-43-39/h2-5,8,19,22-24,26-27,30,32-33H,6-7,9-18,20-21,25H2,1H3,(H,42,43,44)(H,45,52,53). The summed E-state index contributed by atoms with van der Waals surface area (Å²) in [6, 6.07) is 13.7. The molecule has 5 aliphatic heterocycles. The van der Waals surface area contributed by atoms with E-state index in [2.05, 4.69) is 59.8 Å². The molecule has 2 N–H and O–H groups in total. The molecular formula is C40H49ClN10O4S. The van der Waals surface area contributed by atoms with E-state index in [0.29, 0.717) is 40.1 Å². The van der Waals surface area contributed by atoms with Gasteiger partial charge in [-0.05, 0) is 112 Å². The number of hydrogen-bond acceptors (Lipinski definition) is 10. The van der Waals surface area contributed by atoms with E-state index < -0.39 is 16.1 Å². The normalized spacial score (nSPS) is 24.6. The van der Waals surface area contributed by atoms with Crippen molar-refractivity contribution in [3.8, 4) is 0 Å². The molecule has 2 unspecified atom stereocenters. The third-order valence-corrected chi connectivity index (χ3v) is 14.9. The van der Waals surface area contributed by atoms with Crippen LogP contribution in [0.25, 0.3) is 10.9 Å². The molecule has 4 aromatic rings. The quantitative estimate of drug-likeness (QED) is 0.227. The number of aryl methyl sites for hydroxylation is 1. The number of aromatic nitrogens is 4. The third kappa shape index (κ3) is 7.34. The van der Waals surface area contributed by atoms with Crippen LogP contribution in [0.5, 0.6) is 0 Å². The van der Waals surface area contributed by atoms with E-state index in [-0.39, 0.29) is 30.5 Å². The first-order chi connectivity index (χ1) is 27.1. The van der Waals surface area contributed by atoms with E-state index >= 15 is 0 Å². The van der Waals surface area contributed by atoms with Crippen LogP contribution in [0.4, 0.5) is 22.2 Å². The van der Waals surface area contributed by atoms with Gasteiger partial charge in [0, 0.05) is 68.8 Å². The predicted octanol–water partition coefficient (Wildman–Crippen LogP) is 5.36. The van der Waals surface area contributed by atoms with E-state index in [1.165, 1.54) is 5.56 Å². The molecule has 2 atom stereocenters. The molecule has 0 aliphatic carbocycles. The van der Waals surface area contributed by atoms with Crippen molar-refractivity contribution in [2.75, 3.05) is 54.4 Å². The number of urea groups is 1. The minimum atomic E-state index is -3.64. The number of imide groups is 1. The fourth-order valence-corrected chi connectivity index (χ4v) is 11.9. The summed E-state index contributed by atoms with van der Waals surface area (Å²) in [7, 11) is -1.74. The monoisotopic (exact) mass is 800 g/mol. The number of halogens is 1. The smallest absolute Gasteiger partial charge is 0.329 e. The van der Waals surface area contributed by atoms with Crippen molar-refractivity contribution in [1.29, 1.82) is 0 Å².